The molecule has 1 aliphatic carbocycles. The number of hydrogen-bond donors (Lipinski definition) is 2. The highest BCUT2D eigenvalue weighted by molar-refractivity contribution is 6.31. The molecule has 1 unspecified atom stereocenters. The van der Waals surface area contributed by atoms with Crippen molar-refractivity contribution < 1.29 is 9.21 Å². The van der Waals surface area contributed by atoms with Crippen LogP contribution in [-0.4, -0.2) is 5.91 Å². The lowest BCUT2D eigenvalue weighted by atomic mass is 9.93. The Bertz CT molecular complexity index is 631. The molecular formula is C15H15ClN2O2. The quantitative estimate of drug-likeness (QED) is 0.834. The van der Waals surface area contributed by atoms with Gasteiger partial charge in [0.05, 0.1) is 12.3 Å². The van der Waals surface area contributed by atoms with Gasteiger partial charge in [0, 0.05) is 28.3 Å². The Morgan fingerprint density at radius 1 is 1.40 bits per heavy atom. The fourth-order valence-electron chi connectivity index (χ4n) is 2.62. The number of halogens is 1. The molecule has 0 spiro atoms. The van der Waals surface area contributed by atoms with Crippen molar-refractivity contribution in [3.05, 3.63) is 52.4 Å². The highest BCUT2D eigenvalue weighted by Crippen LogP contribution is 2.30. The molecule has 3 rings (SSSR count). The molecule has 0 aliphatic heterocycles. The van der Waals surface area contributed by atoms with E-state index in [9.17, 15) is 4.79 Å². The highest BCUT2D eigenvalue weighted by atomic mass is 35.5. The van der Waals surface area contributed by atoms with Crippen molar-refractivity contribution in [1.82, 2.24) is 5.32 Å². The van der Waals surface area contributed by atoms with Crippen LogP contribution in [0.1, 0.15) is 40.6 Å². The zero-order valence-corrected chi connectivity index (χ0v) is 11.6. The fraction of sp³-hybridized carbons (Fsp3) is 0.267. The van der Waals surface area contributed by atoms with Crippen molar-refractivity contribution in [2.45, 2.75) is 25.3 Å². The van der Waals surface area contributed by atoms with Gasteiger partial charge in [0.25, 0.3) is 5.91 Å². The molecular weight excluding hydrogens is 276 g/mol. The monoisotopic (exact) mass is 290 g/mol. The van der Waals surface area contributed by atoms with Gasteiger partial charge < -0.3 is 15.5 Å². The Kier molecular flexibility index (Phi) is 3.40. The Morgan fingerprint density at radius 3 is 3.05 bits per heavy atom. The van der Waals surface area contributed by atoms with Crippen LogP contribution in [0.15, 0.2) is 34.9 Å². The predicted molar refractivity (Wildman–Crippen MR) is 77.7 cm³/mol. The number of aryl methyl sites for hydroxylation is 1. The van der Waals surface area contributed by atoms with E-state index in [0.717, 1.165) is 30.6 Å². The predicted octanol–water partition coefficient (Wildman–Crippen LogP) is 3.32. The van der Waals surface area contributed by atoms with Gasteiger partial charge in [0.2, 0.25) is 0 Å². The van der Waals surface area contributed by atoms with E-state index in [1.807, 2.05) is 6.07 Å². The number of rotatable bonds is 2. The Labute approximate surface area is 121 Å². The van der Waals surface area contributed by atoms with Crippen LogP contribution in [0.5, 0.6) is 0 Å². The number of nitrogens with two attached hydrogens (primary N) is 1. The van der Waals surface area contributed by atoms with E-state index in [0.29, 0.717) is 16.3 Å². The first-order chi connectivity index (χ1) is 9.63. The maximum atomic E-state index is 12.3. The molecule has 1 amide bonds. The van der Waals surface area contributed by atoms with Gasteiger partial charge in [-0.05, 0) is 37.1 Å². The van der Waals surface area contributed by atoms with Crippen LogP contribution in [0.25, 0.3) is 0 Å². The van der Waals surface area contributed by atoms with E-state index in [1.165, 1.54) is 0 Å². The van der Waals surface area contributed by atoms with Gasteiger partial charge in [0.15, 0.2) is 0 Å². The summed E-state index contributed by atoms with van der Waals surface area (Å²) in [6.07, 6.45) is 4.52. The summed E-state index contributed by atoms with van der Waals surface area (Å²) in [4.78, 5) is 12.3. The molecule has 104 valence electrons. The van der Waals surface area contributed by atoms with Gasteiger partial charge in [-0.3, -0.25) is 4.79 Å². The maximum Gasteiger partial charge on any atom is 0.251 e. The van der Waals surface area contributed by atoms with E-state index >= 15 is 0 Å². The molecule has 2 aromatic rings. The first kappa shape index (κ1) is 13.1. The van der Waals surface area contributed by atoms with Gasteiger partial charge in [-0.1, -0.05) is 11.6 Å². The van der Waals surface area contributed by atoms with Crippen molar-refractivity contribution in [2.75, 3.05) is 5.73 Å². The second kappa shape index (κ2) is 5.21. The molecule has 0 radical (unpaired) electrons. The number of furan rings is 1. The summed E-state index contributed by atoms with van der Waals surface area (Å²) < 4.78 is 5.42. The minimum Gasteiger partial charge on any atom is -0.469 e. The summed E-state index contributed by atoms with van der Waals surface area (Å²) >= 11 is 5.93. The number of carbonyl (C=O) groups is 1. The zero-order valence-electron chi connectivity index (χ0n) is 10.9. The topological polar surface area (TPSA) is 68.3 Å². The molecule has 1 aliphatic rings. The lowest BCUT2D eigenvalue weighted by molar-refractivity contribution is 0.0932. The maximum absolute atomic E-state index is 12.3. The van der Waals surface area contributed by atoms with Gasteiger partial charge in [-0.25, -0.2) is 0 Å². The van der Waals surface area contributed by atoms with Crippen molar-refractivity contribution in [2.24, 2.45) is 0 Å². The van der Waals surface area contributed by atoms with E-state index in [2.05, 4.69) is 5.32 Å². The zero-order chi connectivity index (χ0) is 14.1. The van der Waals surface area contributed by atoms with E-state index in [1.54, 1.807) is 24.5 Å². The number of amides is 1. The standard InChI is InChI=1S/C15H15ClN2O2/c16-10-6-9(7-11(17)8-10)15(19)18-13-2-1-3-14-12(13)4-5-20-14/h4-8,13H,1-3,17H2,(H,18,19). The summed E-state index contributed by atoms with van der Waals surface area (Å²) in [6.45, 7) is 0. The summed E-state index contributed by atoms with van der Waals surface area (Å²) in [5.41, 5.74) is 7.74. The molecule has 0 saturated carbocycles. The van der Waals surface area contributed by atoms with Crippen molar-refractivity contribution in [1.29, 1.82) is 0 Å². The van der Waals surface area contributed by atoms with Crippen LogP contribution in [0.2, 0.25) is 5.02 Å². The Balaban J connectivity index is 1.80. The minimum atomic E-state index is -0.168. The number of hydrogen-bond acceptors (Lipinski definition) is 3. The van der Waals surface area contributed by atoms with Crippen molar-refractivity contribution in [3.63, 3.8) is 0 Å². The van der Waals surface area contributed by atoms with Gasteiger partial charge in [-0.15, -0.1) is 0 Å². The molecule has 1 aromatic carbocycles. The summed E-state index contributed by atoms with van der Waals surface area (Å²) in [7, 11) is 0. The fourth-order valence-corrected chi connectivity index (χ4v) is 2.86. The highest BCUT2D eigenvalue weighted by Gasteiger charge is 2.24. The normalized spacial score (nSPS) is 17.6. The van der Waals surface area contributed by atoms with E-state index in [4.69, 9.17) is 21.8 Å². The SMILES string of the molecule is Nc1cc(Cl)cc(C(=O)NC2CCCc3occc32)c1. The first-order valence-electron chi connectivity index (χ1n) is 6.56. The number of carbonyl (C=O) groups excluding carboxylic acids is 1. The summed E-state index contributed by atoms with van der Waals surface area (Å²) in [5.74, 6) is 0.797. The lowest BCUT2D eigenvalue weighted by Crippen LogP contribution is -2.30. The van der Waals surface area contributed by atoms with Gasteiger partial charge in [0.1, 0.15) is 5.76 Å². The smallest absolute Gasteiger partial charge is 0.251 e. The van der Waals surface area contributed by atoms with Crippen LogP contribution >= 0.6 is 11.6 Å². The third-order valence-electron chi connectivity index (χ3n) is 3.54. The largest absolute Gasteiger partial charge is 0.469 e. The second-order valence-corrected chi connectivity index (χ2v) is 5.43. The number of anilines is 1. The number of benzene rings is 1. The molecule has 5 heteroatoms. The number of fused-ring (bicyclic) bond motifs is 1. The van der Waals surface area contributed by atoms with E-state index < -0.39 is 0 Å². The summed E-state index contributed by atoms with van der Waals surface area (Å²) in [6, 6.07) is 6.77. The van der Waals surface area contributed by atoms with Gasteiger partial charge >= 0.3 is 0 Å². The Morgan fingerprint density at radius 2 is 2.25 bits per heavy atom. The van der Waals surface area contributed by atoms with Crippen LogP contribution in [0, 0.1) is 0 Å². The number of nitrogen functional groups attached to an aromatic ring is 1. The second-order valence-electron chi connectivity index (χ2n) is 4.99. The van der Waals surface area contributed by atoms with E-state index in [-0.39, 0.29) is 11.9 Å². The first-order valence-corrected chi connectivity index (χ1v) is 6.94. The third-order valence-corrected chi connectivity index (χ3v) is 3.76. The third kappa shape index (κ3) is 2.51. The van der Waals surface area contributed by atoms with Crippen LogP contribution in [0.4, 0.5) is 5.69 Å². The van der Waals surface area contributed by atoms with Crippen molar-refractivity contribution >= 4 is 23.2 Å². The minimum absolute atomic E-state index is 0.00907. The van der Waals surface area contributed by atoms with Crippen molar-refractivity contribution in [3.8, 4) is 0 Å². The molecule has 20 heavy (non-hydrogen) atoms. The van der Waals surface area contributed by atoms with Crippen LogP contribution in [0.3, 0.4) is 0 Å². The molecule has 3 N–H and O–H groups in total. The average Bonchev–Trinajstić information content (AvgIpc) is 2.87. The molecule has 1 aromatic heterocycles. The number of nitrogens with one attached hydrogen (secondary N) is 1. The molecule has 0 saturated heterocycles. The average molecular weight is 291 g/mol. The van der Waals surface area contributed by atoms with Crippen LogP contribution in [-0.2, 0) is 6.42 Å². The molecule has 1 atom stereocenters. The Hall–Kier alpha value is -1.94. The summed E-state index contributed by atoms with van der Waals surface area (Å²) in [5, 5.41) is 3.48. The molecule has 4 nitrogen and oxygen atoms in total. The van der Waals surface area contributed by atoms with Crippen LogP contribution < -0.4 is 11.1 Å². The lowest BCUT2D eigenvalue weighted by Gasteiger charge is -2.22. The molecule has 1 heterocycles. The molecule has 0 fully saturated rings. The van der Waals surface area contributed by atoms with Gasteiger partial charge in [-0.2, -0.15) is 0 Å². The molecule has 0 bridgehead atoms.